The molecule has 0 amide bonds. The van der Waals surface area contributed by atoms with Crippen molar-refractivity contribution in [1.82, 2.24) is 4.57 Å². The van der Waals surface area contributed by atoms with E-state index in [0.717, 1.165) is 34.6 Å². The van der Waals surface area contributed by atoms with Crippen LogP contribution in [0.15, 0.2) is 84.9 Å². The van der Waals surface area contributed by atoms with E-state index in [-0.39, 0.29) is 6.10 Å². The highest BCUT2D eigenvalue weighted by atomic mass is 16.6. The van der Waals surface area contributed by atoms with Crippen LogP contribution in [0.4, 0.5) is 0 Å². The first-order valence-corrected chi connectivity index (χ1v) is 8.90. The predicted molar refractivity (Wildman–Crippen MR) is 104 cm³/mol. The third-order valence-electron chi connectivity index (χ3n) is 4.72. The van der Waals surface area contributed by atoms with Crippen molar-refractivity contribution in [3.8, 4) is 22.7 Å². The molecule has 26 heavy (non-hydrogen) atoms. The highest BCUT2D eigenvalue weighted by molar-refractivity contribution is 5.93. The normalized spacial score (nSPS) is 15.9. The van der Waals surface area contributed by atoms with Crippen molar-refractivity contribution in [3.05, 3.63) is 84.9 Å². The molecular formula is C23H19NO2. The molecule has 0 saturated carbocycles. The maximum Gasteiger partial charge on any atom is 0.128 e. The minimum Gasteiger partial charge on any atom is -0.490 e. The Labute approximate surface area is 152 Å². The number of para-hydroxylation sites is 1. The Morgan fingerprint density at radius 2 is 1.62 bits per heavy atom. The van der Waals surface area contributed by atoms with Crippen LogP contribution in [-0.4, -0.2) is 23.9 Å². The van der Waals surface area contributed by atoms with Crippen molar-refractivity contribution in [2.45, 2.75) is 6.10 Å². The SMILES string of the molecule is c1ccc(-c2cc3c(OCC4CO4)cccc3n2-c2ccccc2)cc1. The van der Waals surface area contributed by atoms with E-state index in [0.29, 0.717) is 6.61 Å². The molecule has 0 radical (unpaired) electrons. The highest BCUT2D eigenvalue weighted by Gasteiger charge is 2.24. The maximum absolute atomic E-state index is 6.04. The average molecular weight is 341 g/mol. The lowest BCUT2D eigenvalue weighted by molar-refractivity contribution is 0.265. The summed E-state index contributed by atoms with van der Waals surface area (Å²) in [6.45, 7) is 1.41. The van der Waals surface area contributed by atoms with Crippen molar-refractivity contribution < 1.29 is 9.47 Å². The second kappa shape index (κ2) is 6.36. The molecule has 4 aromatic rings. The number of benzene rings is 3. The summed E-state index contributed by atoms with van der Waals surface area (Å²) in [4.78, 5) is 0. The summed E-state index contributed by atoms with van der Waals surface area (Å²) in [5.41, 5.74) is 4.63. The fourth-order valence-electron chi connectivity index (χ4n) is 3.35. The molecule has 1 unspecified atom stereocenters. The third-order valence-corrected chi connectivity index (χ3v) is 4.72. The summed E-state index contributed by atoms with van der Waals surface area (Å²) in [7, 11) is 0. The largest absolute Gasteiger partial charge is 0.490 e. The molecule has 1 fully saturated rings. The van der Waals surface area contributed by atoms with Crippen LogP contribution in [0.5, 0.6) is 5.75 Å². The Bertz CT molecular complexity index is 1030. The molecule has 0 bridgehead atoms. The van der Waals surface area contributed by atoms with Gasteiger partial charge in [-0.15, -0.1) is 0 Å². The minimum absolute atomic E-state index is 0.245. The zero-order valence-corrected chi connectivity index (χ0v) is 14.3. The van der Waals surface area contributed by atoms with Gasteiger partial charge in [-0.1, -0.05) is 54.6 Å². The van der Waals surface area contributed by atoms with E-state index in [4.69, 9.17) is 9.47 Å². The van der Waals surface area contributed by atoms with Gasteiger partial charge in [-0.05, 0) is 35.9 Å². The molecule has 1 saturated heterocycles. The first-order chi connectivity index (χ1) is 12.9. The summed E-state index contributed by atoms with van der Waals surface area (Å²) < 4.78 is 13.6. The van der Waals surface area contributed by atoms with E-state index in [9.17, 15) is 0 Å². The lowest BCUT2D eigenvalue weighted by Crippen LogP contribution is -2.04. The number of fused-ring (bicyclic) bond motifs is 1. The summed E-state index contributed by atoms with van der Waals surface area (Å²) in [6.07, 6.45) is 0.245. The van der Waals surface area contributed by atoms with Gasteiger partial charge in [-0.25, -0.2) is 0 Å². The first kappa shape index (κ1) is 15.2. The van der Waals surface area contributed by atoms with Crippen molar-refractivity contribution >= 4 is 10.9 Å². The van der Waals surface area contributed by atoms with Gasteiger partial charge < -0.3 is 14.0 Å². The van der Waals surface area contributed by atoms with Crippen molar-refractivity contribution in [2.24, 2.45) is 0 Å². The number of hydrogen-bond acceptors (Lipinski definition) is 2. The van der Waals surface area contributed by atoms with E-state index in [1.165, 1.54) is 5.56 Å². The average Bonchev–Trinajstić information content (AvgIpc) is 3.45. The summed E-state index contributed by atoms with van der Waals surface area (Å²) in [6, 6.07) is 29.4. The molecule has 0 spiro atoms. The van der Waals surface area contributed by atoms with Gasteiger partial charge in [0.1, 0.15) is 18.5 Å². The summed E-state index contributed by atoms with van der Waals surface area (Å²) >= 11 is 0. The molecule has 1 aliphatic rings. The van der Waals surface area contributed by atoms with Gasteiger partial charge >= 0.3 is 0 Å². The minimum atomic E-state index is 0.245. The molecule has 0 aliphatic carbocycles. The lowest BCUT2D eigenvalue weighted by Gasteiger charge is -2.11. The summed E-state index contributed by atoms with van der Waals surface area (Å²) in [5.74, 6) is 0.907. The summed E-state index contributed by atoms with van der Waals surface area (Å²) in [5, 5.41) is 1.12. The van der Waals surface area contributed by atoms with Gasteiger partial charge in [0.2, 0.25) is 0 Å². The van der Waals surface area contributed by atoms with Crippen LogP contribution in [-0.2, 0) is 4.74 Å². The van der Waals surface area contributed by atoms with Crippen LogP contribution < -0.4 is 4.74 Å². The number of epoxide rings is 1. The first-order valence-electron chi connectivity index (χ1n) is 8.90. The van der Waals surface area contributed by atoms with Gasteiger partial charge in [0.25, 0.3) is 0 Å². The Hall–Kier alpha value is -3.04. The molecule has 0 N–H and O–H groups in total. The molecule has 3 heteroatoms. The van der Waals surface area contributed by atoms with Gasteiger partial charge in [-0.3, -0.25) is 0 Å². The van der Waals surface area contributed by atoms with Crippen LogP contribution in [0.3, 0.4) is 0 Å². The second-order valence-corrected chi connectivity index (χ2v) is 6.52. The van der Waals surface area contributed by atoms with Crippen molar-refractivity contribution in [2.75, 3.05) is 13.2 Å². The van der Waals surface area contributed by atoms with E-state index in [1.807, 2.05) is 18.2 Å². The fraction of sp³-hybridized carbons (Fsp3) is 0.130. The molecule has 1 atom stereocenters. The number of aromatic nitrogens is 1. The smallest absolute Gasteiger partial charge is 0.128 e. The number of rotatable bonds is 5. The molecule has 5 rings (SSSR count). The van der Waals surface area contributed by atoms with E-state index in [1.54, 1.807) is 0 Å². The third kappa shape index (κ3) is 2.76. The molecule has 2 heterocycles. The zero-order valence-electron chi connectivity index (χ0n) is 14.3. The number of nitrogens with zero attached hydrogens (tertiary/aromatic N) is 1. The molecular weight excluding hydrogens is 322 g/mol. The molecule has 3 aromatic carbocycles. The van der Waals surface area contributed by atoms with Crippen molar-refractivity contribution in [3.63, 3.8) is 0 Å². The second-order valence-electron chi connectivity index (χ2n) is 6.52. The Morgan fingerprint density at radius 1 is 0.885 bits per heavy atom. The van der Waals surface area contributed by atoms with Gasteiger partial charge in [-0.2, -0.15) is 0 Å². The topological polar surface area (TPSA) is 26.7 Å². The van der Waals surface area contributed by atoms with Gasteiger partial charge in [0, 0.05) is 11.1 Å². The van der Waals surface area contributed by atoms with Crippen LogP contribution in [0.1, 0.15) is 0 Å². The van der Waals surface area contributed by atoms with Gasteiger partial charge in [0.05, 0.1) is 17.8 Å². The predicted octanol–water partition coefficient (Wildman–Crippen LogP) is 5.08. The van der Waals surface area contributed by atoms with E-state index >= 15 is 0 Å². The molecule has 128 valence electrons. The Balaban J connectivity index is 1.72. The zero-order chi connectivity index (χ0) is 17.3. The highest BCUT2D eigenvalue weighted by Crippen LogP contribution is 2.36. The Kier molecular flexibility index (Phi) is 3.72. The standard InChI is InChI=1S/C23H19NO2/c1-3-8-17(9-4-1)22-14-20-21(24(22)18-10-5-2-6-11-18)12-7-13-23(20)26-16-19-15-25-19/h1-14,19H,15-16H2. The van der Waals surface area contributed by atoms with Crippen molar-refractivity contribution in [1.29, 1.82) is 0 Å². The van der Waals surface area contributed by atoms with Crippen LogP contribution >= 0.6 is 0 Å². The van der Waals surface area contributed by atoms with E-state index in [2.05, 4.69) is 71.3 Å². The monoisotopic (exact) mass is 341 g/mol. The lowest BCUT2D eigenvalue weighted by atomic mass is 10.1. The van der Waals surface area contributed by atoms with E-state index < -0.39 is 0 Å². The fourth-order valence-corrected chi connectivity index (χ4v) is 3.35. The number of ether oxygens (including phenoxy) is 2. The molecule has 3 nitrogen and oxygen atoms in total. The maximum atomic E-state index is 6.04. The quantitative estimate of drug-likeness (QED) is 0.474. The van der Waals surface area contributed by atoms with Crippen LogP contribution in [0.25, 0.3) is 27.8 Å². The Morgan fingerprint density at radius 3 is 2.35 bits per heavy atom. The number of hydrogen-bond donors (Lipinski definition) is 0. The molecule has 1 aliphatic heterocycles. The van der Waals surface area contributed by atoms with Crippen LogP contribution in [0.2, 0.25) is 0 Å². The van der Waals surface area contributed by atoms with Gasteiger partial charge in [0.15, 0.2) is 0 Å². The van der Waals surface area contributed by atoms with Crippen LogP contribution in [0, 0.1) is 0 Å². The molecule has 1 aromatic heterocycles.